The van der Waals surface area contributed by atoms with Crippen LogP contribution in [0, 0.1) is 0 Å². The van der Waals surface area contributed by atoms with Crippen LogP contribution in [0.1, 0.15) is 44.1 Å². The predicted molar refractivity (Wildman–Crippen MR) is 139 cm³/mol. The van der Waals surface area contributed by atoms with Crippen LogP contribution in [-0.4, -0.2) is 58.4 Å². The Labute approximate surface area is 226 Å². The van der Waals surface area contributed by atoms with Crippen LogP contribution in [0.15, 0.2) is 47.4 Å². The molecule has 1 amide bonds. The Balaban J connectivity index is 1.62. The van der Waals surface area contributed by atoms with Crippen molar-refractivity contribution in [1.29, 1.82) is 0 Å². The molecule has 2 fully saturated rings. The zero-order chi connectivity index (χ0) is 27.6. The van der Waals surface area contributed by atoms with Gasteiger partial charge in [-0.2, -0.15) is 13.2 Å². The van der Waals surface area contributed by atoms with Gasteiger partial charge in [0.15, 0.2) is 11.9 Å². The molecular formula is C25H32ClF3N2O6S. The molecule has 0 saturated carbocycles. The summed E-state index contributed by atoms with van der Waals surface area (Å²) in [6.07, 6.45) is 2.45. The molecule has 2 unspecified atom stereocenters. The molecule has 1 aromatic rings. The number of alkyl halides is 4. The summed E-state index contributed by atoms with van der Waals surface area (Å²) in [5, 5.41) is 0. The Morgan fingerprint density at radius 3 is 2.50 bits per heavy atom. The number of nitrogens with one attached hydrogen (secondary N) is 1. The first-order valence-electron chi connectivity index (χ1n) is 12.2. The van der Waals surface area contributed by atoms with Crippen molar-refractivity contribution in [1.82, 2.24) is 9.79 Å². The number of halogens is 4. The normalized spacial score (nSPS) is 22.6. The largest absolute Gasteiger partial charge is 0.490 e. The van der Waals surface area contributed by atoms with Gasteiger partial charge in [-0.1, -0.05) is 18.2 Å². The smallest absolute Gasteiger partial charge is 0.416 e. The lowest BCUT2D eigenvalue weighted by atomic mass is 10.1. The highest BCUT2D eigenvalue weighted by Crippen LogP contribution is 2.54. The molecule has 1 aromatic carbocycles. The third-order valence-corrected chi connectivity index (χ3v) is 8.73. The third-order valence-electron chi connectivity index (χ3n) is 6.08. The predicted octanol–water partition coefficient (Wildman–Crippen LogP) is 5.57. The maximum Gasteiger partial charge on any atom is 0.416 e. The van der Waals surface area contributed by atoms with Crippen LogP contribution in [0.4, 0.5) is 13.2 Å². The van der Waals surface area contributed by atoms with E-state index in [9.17, 15) is 27.3 Å². The summed E-state index contributed by atoms with van der Waals surface area (Å²) >= 11 is 5.70. The van der Waals surface area contributed by atoms with Crippen molar-refractivity contribution >= 4 is 33.6 Å². The average Bonchev–Trinajstić information content (AvgIpc) is 2.92. The van der Waals surface area contributed by atoms with Crippen LogP contribution in [-0.2, 0) is 25.3 Å². The topological polar surface area (TPSA) is 97.3 Å². The maximum atomic E-state index is 12.8. The van der Waals surface area contributed by atoms with E-state index in [0.717, 1.165) is 25.0 Å². The van der Waals surface area contributed by atoms with Gasteiger partial charge in [-0.3, -0.25) is 9.59 Å². The van der Waals surface area contributed by atoms with Crippen LogP contribution in [0.5, 0.6) is 5.75 Å². The molecule has 0 aromatic heterocycles. The fourth-order valence-corrected chi connectivity index (χ4v) is 6.12. The molecule has 2 N–H and O–H groups in total. The molecule has 8 nitrogen and oxygen atoms in total. The van der Waals surface area contributed by atoms with E-state index in [1.54, 1.807) is 16.5 Å². The number of amides is 1. The fourth-order valence-electron chi connectivity index (χ4n) is 4.05. The summed E-state index contributed by atoms with van der Waals surface area (Å²) in [7, 11) is -3.17. The number of piperidine rings is 1. The quantitative estimate of drug-likeness (QED) is 0.153. The molecule has 2 saturated heterocycles. The van der Waals surface area contributed by atoms with Gasteiger partial charge in [0.05, 0.1) is 12.0 Å². The first kappa shape index (κ1) is 30.5. The van der Waals surface area contributed by atoms with E-state index >= 15 is 0 Å². The molecule has 0 bridgehead atoms. The standard InChI is InChI=1S/C25H32ClF3N2O6S/c26-13-3-1-5-22(17-23(33)30-37-24-6-2-4-16-35-24)38(34,18-32)31-14-11-21(12-15-31)36-20-9-7-19(8-10-20)25(27,28)29/h1,3,5,7-10,18,21,24,34H,2,4,6,11-17H2,(H,30,33)/b3-1-,22-5+. The Bertz CT molecular complexity index is 980. The number of allylic oxidation sites excluding steroid dienone is 3. The molecule has 212 valence electrons. The van der Waals surface area contributed by atoms with Gasteiger partial charge in [-0.15, -0.1) is 11.6 Å². The lowest BCUT2D eigenvalue weighted by Gasteiger charge is -2.44. The van der Waals surface area contributed by atoms with Gasteiger partial charge in [-0.25, -0.2) is 14.6 Å². The van der Waals surface area contributed by atoms with E-state index in [4.69, 9.17) is 25.9 Å². The lowest BCUT2D eigenvalue weighted by Crippen LogP contribution is -2.41. The number of hydrogen-bond donors (Lipinski definition) is 2. The zero-order valence-corrected chi connectivity index (χ0v) is 22.3. The van der Waals surface area contributed by atoms with E-state index in [1.807, 2.05) is 0 Å². The van der Waals surface area contributed by atoms with Crippen LogP contribution in [0.2, 0.25) is 0 Å². The van der Waals surface area contributed by atoms with E-state index in [2.05, 4.69) is 5.48 Å². The summed E-state index contributed by atoms with van der Waals surface area (Å²) in [6, 6.07) is 4.46. The van der Waals surface area contributed by atoms with E-state index in [1.165, 1.54) is 18.2 Å². The molecule has 2 aliphatic heterocycles. The molecule has 0 spiro atoms. The van der Waals surface area contributed by atoms with Gasteiger partial charge in [0.2, 0.25) is 5.91 Å². The lowest BCUT2D eigenvalue weighted by molar-refractivity contribution is -0.200. The molecule has 2 atom stereocenters. The highest BCUT2D eigenvalue weighted by Gasteiger charge is 2.37. The minimum atomic E-state index is -4.43. The second-order valence-electron chi connectivity index (χ2n) is 8.79. The molecular weight excluding hydrogens is 549 g/mol. The number of hydrogen-bond acceptors (Lipinski definition) is 7. The van der Waals surface area contributed by atoms with Crippen LogP contribution in [0.3, 0.4) is 0 Å². The average molecular weight is 581 g/mol. The zero-order valence-electron chi connectivity index (χ0n) is 20.7. The molecule has 0 aliphatic carbocycles. The van der Waals surface area contributed by atoms with Gasteiger partial charge in [0, 0.05) is 47.4 Å². The first-order valence-corrected chi connectivity index (χ1v) is 14.4. The van der Waals surface area contributed by atoms with Crippen molar-refractivity contribution in [3.8, 4) is 5.75 Å². The molecule has 2 heterocycles. The Kier molecular flexibility index (Phi) is 11.5. The van der Waals surface area contributed by atoms with Crippen LogP contribution in [0.25, 0.3) is 0 Å². The summed E-state index contributed by atoms with van der Waals surface area (Å²) in [4.78, 5) is 30.4. The van der Waals surface area contributed by atoms with Crippen molar-refractivity contribution in [3.63, 3.8) is 0 Å². The monoisotopic (exact) mass is 580 g/mol. The molecule has 0 radical (unpaired) electrons. The summed E-state index contributed by atoms with van der Waals surface area (Å²) in [6.45, 7) is 1.10. The van der Waals surface area contributed by atoms with Crippen molar-refractivity contribution < 1.29 is 41.6 Å². The van der Waals surface area contributed by atoms with E-state index < -0.39 is 34.4 Å². The van der Waals surface area contributed by atoms with Gasteiger partial charge in [-0.05, 0) is 49.9 Å². The number of carbonyl (C=O) groups excluding carboxylic acids is 2. The number of benzene rings is 1. The van der Waals surface area contributed by atoms with Crippen LogP contribution < -0.4 is 10.2 Å². The first-order chi connectivity index (χ1) is 18.2. The van der Waals surface area contributed by atoms with Crippen molar-refractivity contribution in [2.75, 3.05) is 25.6 Å². The number of rotatable bonds is 11. The number of nitrogens with zero attached hydrogens (tertiary/aromatic N) is 1. The van der Waals surface area contributed by atoms with Gasteiger partial charge >= 0.3 is 6.18 Å². The second kappa shape index (κ2) is 14.3. The molecule has 13 heteroatoms. The SMILES string of the molecule is O=CS(O)(/C(=C/C=C\CCl)CC(=O)NOC1CCCCO1)N1CCC(Oc2ccc(C(F)(F)F)cc2)CC1. The van der Waals surface area contributed by atoms with Gasteiger partial charge in [0.1, 0.15) is 11.9 Å². The Morgan fingerprint density at radius 1 is 1.21 bits per heavy atom. The maximum absolute atomic E-state index is 12.8. The minimum absolute atomic E-state index is 0.208. The molecule has 3 rings (SSSR count). The minimum Gasteiger partial charge on any atom is -0.490 e. The second-order valence-corrected chi connectivity index (χ2v) is 11.5. The Morgan fingerprint density at radius 2 is 1.92 bits per heavy atom. The van der Waals surface area contributed by atoms with E-state index in [0.29, 0.717) is 37.2 Å². The highest BCUT2D eigenvalue weighted by atomic mass is 35.5. The van der Waals surface area contributed by atoms with Crippen molar-refractivity contribution in [2.24, 2.45) is 0 Å². The summed E-state index contributed by atoms with van der Waals surface area (Å²) in [5.74, 6) is -0.0301. The van der Waals surface area contributed by atoms with Crippen LogP contribution >= 0.6 is 22.1 Å². The highest BCUT2D eigenvalue weighted by molar-refractivity contribution is 8.40. The van der Waals surface area contributed by atoms with Gasteiger partial charge < -0.3 is 14.0 Å². The number of carbonyl (C=O) groups is 2. The van der Waals surface area contributed by atoms with Crippen molar-refractivity contribution in [2.45, 2.75) is 57.1 Å². The number of ether oxygens (including phenoxy) is 2. The summed E-state index contributed by atoms with van der Waals surface area (Å²) in [5.41, 5.74) is 2.04. The van der Waals surface area contributed by atoms with E-state index in [-0.39, 0.29) is 36.4 Å². The third kappa shape index (κ3) is 8.72. The van der Waals surface area contributed by atoms with Crippen molar-refractivity contribution in [3.05, 3.63) is 53.0 Å². The molecule has 2 aliphatic rings. The number of hydroxylamine groups is 1. The molecule has 38 heavy (non-hydrogen) atoms. The fraction of sp³-hybridized carbons (Fsp3) is 0.520. The van der Waals surface area contributed by atoms with Gasteiger partial charge in [0.25, 0.3) is 0 Å². The summed E-state index contributed by atoms with van der Waals surface area (Å²) < 4.78 is 62.7. The Hall–Kier alpha value is -2.09.